The fourth-order valence-electron chi connectivity index (χ4n) is 3.25. The van der Waals surface area contributed by atoms with E-state index in [9.17, 15) is 14.7 Å². The van der Waals surface area contributed by atoms with Crippen molar-refractivity contribution in [3.63, 3.8) is 0 Å². The molecule has 0 radical (unpaired) electrons. The first-order valence-corrected chi connectivity index (χ1v) is 5.87. The van der Waals surface area contributed by atoms with E-state index in [4.69, 9.17) is 4.74 Å². The van der Waals surface area contributed by atoms with Gasteiger partial charge in [0.15, 0.2) is 0 Å². The van der Waals surface area contributed by atoms with E-state index in [0.29, 0.717) is 6.54 Å². The van der Waals surface area contributed by atoms with Crippen LogP contribution in [0.25, 0.3) is 0 Å². The number of ether oxygens (including phenoxy) is 1. The highest BCUT2D eigenvalue weighted by Crippen LogP contribution is 2.52. The fraction of sp³-hybridized carbons (Fsp3) is 0.667. The average molecular weight is 237 g/mol. The second kappa shape index (κ2) is 3.10. The third-order valence-electron chi connectivity index (χ3n) is 4.04. The zero-order chi connectivity index (χ0) is 12.4. The van der Waals surface area contributed by atoms with Crippen molar-refractivity contribution in [2.24, 2.45) is 11.8 Å². The van der Waals surface area contributed by atoms with Crippen molar-refractivity contribution < 1.29 is 19.4 Å². The maximum Gasteiger partial charge on any atom is 0.310 e. The molecule has 0 aromatic heterocycles. The summed E-state index contributed by atoms with van der Waals surface area (Å²) in [5.74, 6) is -2.29. The molecule has 3 aliphatic rings. The van der Waals surface area contributed by atoms with Crippen LogP contribution in [0.1, 0.15) is 13.8 Å². The summed E-state index contributed by atoms with van der Waals surface area (Å²) < 4.78 is 5.75. The van der Waals surface area contributed by atoms with Crippen LogP contribution in [0.4, 0.5) is 0 Å². The number of hydrogen-bond donors (Lipinski definition) is 1. The number of likely N-dealkylation sites (tertiary alicyclic amines) is 1. The first-order chi connectivity index (χ1) is 7.96. The van der Waals surface area contributed by atoms with Gasteiger partial charge in [-0.1, -0.05) is 12.2 Å². The molecule has 2 fully saturated rings. The van der Waals surface area contributed by atoms with E-state index in [0.717, 1.165) is 0 Å². The van der Waals surface area contributed by atoms with E-state index in [2.05, 4.69) is 0 Å². The third-order valence-corrected chi connectivity index (χ3v) is 4.04. The van der Waals surface area contributed by atoms with Gasteiger partial charge in [-0.15, -0.1) is 0 Å². The van der Waals surface area contributed by atoms with Crippen LogP contribution in [0.5, 0.6) is 0 Å². The Kier molecular flexibility index (Phi) is 1.96. The molecule has 5 nitrogen and oxygen atoms in total. The number of carboxylic acids is 1. The third kappa shape index (κ3) is 1.17. The molecule has 1 amide bonds. The Morgan fingerprint density at radius 1 is 1.65 bits per heavy atom. The molecule has 3 aliphatic heterocycles. The van der Waals surface area contributed by atoms with Gasteiger partial charge in [0.05, 0.1) is 18.6 Å². The van der Waals surface area contributed by atoms with Crippen molar-refractivity contribution >= 4 is 11.9 Å². The summed E-state index contributed by atoms with van der Waals surface area (Å²) in [5.41, 5.74) is -0.685. The highest BCUT2D eigenvalue weighted by Gasteiger charge is 2.67. The van der Waals surface area contributed by atoms with Gasteiger partial charge >= 0.3 is 5.97 Å². The molecule has 0 aliphatic carbocycles. The number of fused-ring (bicyclic) bond motifs is 1. The molecule has 0 aromatic rings. The summed E-state index contributed by atoms with van der Waals surface area (Å²) in [7, 11) is 0. The van der Waals surface area contributed by atoms with E-state index >= 15 is 0 Å². The molecule has 1 N–H and O–H groups in total. The number of nitrogens with zero attached hydrogens (tertiary/aromatic N) is 1. The smallest absolute Gasteiger partial charge is 0.310 e. The van der Waals surface area contributed by atoms with Crippen molar-refractivity contribution in [1.29, 1.82) is 0 Å². The first kappa shape index (κ1) is 10.8. The molecule has 1 spiro atoms. The first-order valence-electron chi connectivity index (χ1n) is 5.87. The van der Waals surface area contributed by atoms with E-state index in [1.54, 1.807) is 11.0 Å². The largest absolute Gasteiger partial charge is 0.481 e. The molecule has 2 bridgehead atoms. The summed E-state index contributed by atoms with van der Waals surface area (Å²) in [6.45, 7) is 4.34. The second-order valence-electron chi connectivity index (χ2n) is 5.30. The zero-order valence-electron chi connectivity index (χ0n) is 9.79. The van der Waals surface area contributed by atoms with Crippen molar-refractivity contribution in [2.75, 3.05) is 6.54 Å². The van der Waals surface area contributed by atoms with E-state index in [1.807, 2.05) is 19.9 Å². The van der Waals surface area contributed by atoms with Crippen molar-refractivity contribution in [2.45, 2.75) is 31.6 Å². The number of carbonyl (C=O) groups excluding carboxylic acids is 1. The Labute approximate surface area is 99.0 Å². The predicted molar refractivity (Wildman–Crippen MR) is 58.2 cm³/mol. The summed E-state index contributed by atoms with van der Waals surface area (Å²) >= 11 is 0. The van der Waals surface area contributed by atoms with E-state index in [-0.39, 0.29) is 11.9 Å². The summed E-state index contributed by atoms with van der Waals surface area (Å²) in [6.07, 6.45) is 3.23. The lowest BCUT2D eigenvalue weighted by Gasteiger charge is -2.24. The molecule has 17 heavy (non-hydrogen) atoms. The number of aliphatic carboxylic acids is 1. The minimum atomic E-state index is -0.940. The van der Waals surface area contributed by atoms with Crippen LogP contribution in [0, 0.1) is 11.8 Å². The Bertz CT molecular complexity index is 430. The molecule has 0 aromatic carbocycles. The zero-order valence-corrected chi connectivity index (χ0v) is 9.79. The Balaban J connectivity index is 2.01. The molecule has 3 rings (SSSR count). The lowest BCUT2D eigenvalue weighted by molar-refractivity contribution is -0.148. The van der Waals surface area contributed by atoms with Gasteiger partial charge in [-0.25, -0.2) is 0 Å². The quantitative estimate of drug-likeness (QED) is 0.700. The summed E-state index contributed by atoms with van der Waals surface area (Å²) in [4.78, 5) is 25.3. The monoisotopic (exact) mass is 237 g/mol. The molecular weight excluding hydrogens is 222 g/mol. The van der Waals surface area contributed by atoms with Gasteiger partial charge < -0.3 is 14.7 Å². The van der Waals surface area contributed by atoms with Crippen LogP contribution in [0.15, 0.2) is 12.2 Å². The van der Waals surface area contributed by atoms with Crippen LogP contribution < -0.4 is 0 Å². The highest BCUT2D eigenvalue weighted by molar-refractivity contribution is 5.90. The molecular formula is C12H15NO4. The maximum atomic E-state index is 12.3. The number of hydrogen-bond acceptors (Lipinski definition) is 3. The van der Waals surface area contributed by atoms with Crippen molar-refractivity contribution in [3.05, 3.63) is 12.2 Å². The van der Waals surface area contributed by atoms with Gasteiger partial charge in [-0.3, -0.25) is 9.59 Å². The van der Waals surface area contributed by atoms with Gasteiger partial charge in [0.25, 0.3) is 0 Å². The van der Waals surface area contributed by atoms with Gasteiger partial charge in [0.2, 0.25) is 5.91 Å². The van der Waals surface area contributed by atoms with Gasteiger partial charge in [-0.05, 0) is 13.8 Å². The molecule has 0 saturated carbocycles. The van der Waals surface area contributed by atoms with Crippen molar-refractivity contribution in [1.82, 2.24) is 4.90 Å². The molecule has 5 heteroatoms. The van der Waals surface area contributed by atoms with Crippen LogP contribution in [0.2, 0.25) is 0 Å². The minimum Gasteiger partial charge on any atom is -0.481 e. The highest BCUT2D eigenvalue weighted by atomic mass is 16.5. The normalized spacial score (nSPS) is 42.6. The van der Waals surface area contributed by atoms with Gasteiger partial charge in [0.1, 0.15) is 11.5 Å². The maximum absolute atomic E-state index is 12.3. The number of carbonyl (C=O) groups is 2. The van der Waals surface area contributed by atoms with Crippen LogP contribution in [-0.2, 0) is 14.3 Å². The second-order valence-corrected chi connectivity index (χ2v) is 5.30. The average Bonchev–Trinajstić information content (AvgIpc) is 2.86. The van der Waals surface area contributed by atoms with Crippen LogP contribution in [-0.4, -0.2) is 46.2 Å². The number of amides is 1. The molecule has 0 unspecified atom stereocenters. The molecule has 2 saturated heterocycles. The van der Waals surface area contributed by atoms with E-state index < -0.39 is 29.5 Å². The predicted octanol–water partition coefficient (Wildman–Crippen LogP) is 0.261. The number of rotatable bonds is 2. The van der Waals surface area contributed by atoms with Gasteiger partial charge in [0, 0.05) is 6.04 Å². The SMILES string of the molecule is CC(C)N1C[C@]23C=C[C@@H](O2)[C@@H](C(=O)O)[C@@H]3C1=O. The summed E-state index contributed by atoms with van der Waals surface area (Å²) in [6, 6.07) is 0.0768. The lowest BCUT2D eigenvalue weighted by atomic mass is 9.77. The molecule has 4 atom stereocenters. The lowest BCUT2D eigenvalue weighted by Crippen LogP contribution is -2.39. The van der Waals surface area contributed by atoms with Crippen LogP contribution >= 0.6 is 0 Å². The number of carboxylic acid groups (broad SMARTS) is 1. The molecule has 3 heterocycles. The minimum absolute atomic E-state index is 0.0768. The van der Waals surface area contributed by atoms with E-state index in [1.165, 1.54) is 0 Å². The topological polar surface area (TPSA) is 66.8 Å². The Morgan fingerprint density at radius 2 is 2.35 bits per heavy atom. The summed E-state index contributed by atoms with van der Waals surface area (Å²) in [5, 5.41) is 9.24. The van der Waals surface area contributed by atoms with Crippen molar-refractivity contribution in [3.8, 4) is 0 Å². The van der Waals surface area contributed by atoms with Crippen LogP contribution in [0.3, 0.4) is 0 Å². The Morgan fingerprint density at radius 3 is 2.94 bits per heavy atom. The van der Waals surface area contributed by atoms with Gasteiger partial charge in [-0.2, -0.15) is 0 Å². The molecule has 92 valence electrons. The Hall–Kier alpha value is -1.36. The standard InChI is InChI=1S/C12H15NO4/c1-6(2)13-5-12-4-3-7(17-12)8(11(15)16)9(12)10(13)14/h3-4,6-9H,5H2,1-2H3,(H,15,16)/t7-,8-,9-,12+/m1/s1. The fourth-order valence-corrected chi connectivity index (χ4v) is 3.25.